The Morgan fingerprint density at radius 1 is 0.492 bits per heavy atom. The smallest absolute Gasteiger partial charge is 1.00 e. The van der Waals surface area contributed by atoms with E-state index in [9.17, 15) is 109 Å². The molecule has 6 rings (SSSR count). The van der Waals surface area contributed by atoms with E-state index in [2.05, 4.69) is 50.2 Å². The van der Waals surface area contributed by atoms with Gasteiger partial charge in [0.1, 0.15) is 23.8 Å². The number of nitrogens with two attached hydrogens (primary N) is 1. The van der Waals surface area contributed by atoms with Crippen molar-refractivity contribution in [2.45, 2.75) is 123 Å². The Bertz CT molecular complexity index is 4320. The van der Waals surface area contributed by atoms with Gasteiger partial charge in [-0.2, -0.15) is 13.2 Å². The van der Waals surface area contributed by atoms with E-state index in [1.54, 1.807) is 62.3 Å². The summed E-state index contributed by atoms with van der Waals surface area (Å²) in [5, 5.41) is 96.7. The molecule has 2 amide bonds. The van der Waals surface area contributed by atoms with Crippen molar-refractivity contribution in [1.29, 1.82) is 0 Å². The van der Waals surface area contributed by atoms with Gasteiger partial charge in [0, 0.05) is 61.2 Å². The number of hydrogen-bond acceptors (Lipinski definition) is 30. The first-order valence-corrected chi connectivity index (χ1v) is 33.8. The minimum Gasteiger partial charge on any atom is -1.00 e. The SMILES string of the molecule is COc1c(F)cc(C=O)cc1[N+](=O)[O-].COc1c(F)cc(CBr)cc1[N+](=O)[O-].COc1c(F)cc(CO)cc1[N+](=O)[O-].COc1c(F)cc(COC[C@@H](C)N)cc1[N+](=O)[O-].COc1c(F)cc(COC[C@@H](C)NC(=O)OC(C)(C)C)cc1[N+](=O)[O-].COc1ccc(C=O)cc1F.C[C@H](CO)NC(=O)OC(C)(C)C.O=C(O)C(F)(F)F.O=[N+]([O-])O.[B].[H-].[H-].[Na+].[Na+]. The molecule has 8 N–H and O–H groups in total. The number of aliphatic carboxylic acids is 1. The van der Waals surface area contributed by atoms with Crippen LogP contribution in [0.5, 0.6) is 34.5 Å². The van der Waals surface area contributed by atoms with Crippen molar-refractivity contribution in [3.05, 3.63) is 208 Å². The predicted molar refractivity (Wildman–Crippen MR) is 408 cm³/mol. The number of carboxylic acids is 1. The molecule has 6 aromatic rings. The van der Waals surface area contributed by atoms with E-state index in [1.807, 2.05) is 0 Å². The number of alkyl carbamates (subject to hydrolysis) is 2. The number of methoxy groups -OCH3 is 6. The summed E-state index contributed by atoms with van der Waals surface area (Å²) in [6, 6.07) is 14.3. The summed E-state index contributed by atoms with van der Waals surface area (Å²) >= 11 is 3.09. The molecule has 0 aromatic heterocycles. The van der Waals surface area contributed by atoms with Gasteiger partial charge in [0.15, 0.2) is 40.7 Å². The van der Waals surface area contributed by atoms with Crippen LogP contribution in [-0.2, 0) is 48.9 Å². The van der Waals surface area contributed by atoms with Crippen LogP contribution in [-0.4, -0.2) is 187 Å². The Morgan fingerprint density at radius 3 is 1.05 bits per heavy atom. The number of aliphatic hydroxyl groups excluding tert-OH is 2. The van der Waals surface area contributed by atoms with E-state index in [0.717, 1.165) is 63.8 Å². The number of ether oxygens (including phenoxy) is 10. The second kappa shape index (κ2) is 61.6. The van der Waals surface area contributed by atoms with E-state index in [0.29, 0.717) is 41.2 Å². The number of nitro groups is 5. The van der Waals surface area contributed by atoms with E-state index < -0.39 is 147 Å². The summed E-state index contributed by atoms with van der Waals surface area (Å²) < 4.78 is 160. The molecule has 0 bridgehead atoms. The molecular formula is C69H87BBrF9N9Na2O31. The second-order valence-corrected chi connectivity index (χ2v) is 25.2. The summed E-state index contributed by atoms with van der Waals surface area (Å²) in [7, 11) is 7.16. The normalized spacial score (nSPS) is 10.8. The molecule has 6 aromatic carbocycles. The number of nitro benzene ring substituents is 5. The average molecular weight is 1850 g/mol. The topological polar surface area (TPSA) is 567 Å². The van der Waals surface area contributed by atoms with E-state index in [1.165, 1.54) is 57.7 Å². The van der Waals surface area contributed by atoms with Crippen molar-refractivity contribution in [1.82, 2.24) is 10.6 Å². The molecule has 0 aliphatic rings. The predicted octanol–water partition coefficient (Wildman–Crippen LogP) is 6.88. The van der Waals surface area contributed by atoms with Crippen LogP contribution in [0.1, 0.15) is 108 Å². The molecule has 0 aliphatic carbocycles. The van der Waals surface area contributed by atoms with Crippen LogP contribution in [0.2, 0.25) is 0 Å². The number of nitrogens with zero attached hydrogens (tertiary/aromatic N) is 6. The first kappa shape index (κ1) is 122. The molecule has 0 saturated carbocycles. The van der Waals surface area contributed by atoms with Crippen molar-refractivity contribution >= 4 is 83.5 Å². The van der Waals surface area contributed by atoms with Crippen molar-refractivity contribution in [3.63, 3.8) is 0 Å². The van der Waals surface area contributed by atoms with Gasteiger partial charge in [-0.05, 0) is 133 Å². The monoisotopic (exact) mass is 1840 g/mol. The summed E-state index contributed by atoms with van der Waals surface area (Å²) in [6.07, 6.45) is -5.24. The van der Waals surface area contributed by atoms with Crippen molar-refractivity contribution in [3.8, 4) is 34.5 Å². The minimum atomic E-state index is -5.08. The van der Waals surface area contributed by atoms with Gasteiger partial charge < -0.3 is 87.1 Å². The molecule has 122 heavy (non-hydrogen) atoms. The summed E-state index contributed by atoms with van der Waals surface area (Å²) in [4.78, 5) is 110. The van der Waals surface area contributed by atoms with E-state index >= 15 is 0 Å². The molecule has 0 spiro atoms. The zero-order chi connectivity index (χ0) is 92.7. The zero-order valence-corrected chi connectivity index (χ0v) is 73.9. The minimum absolute atomic E-state index is 0. The number of halogens is 10. The third kappa shape index (κ3) is 50.0. The number of carbonyl (C=O) groups is 5. The van der Waals surface area contributed by atoms with Crippen LogP contribution in [0.4, 0.5) is 77.5 Å². The van der Waals surface area contributed by atoms with Crippen molar-refractivity contribution < 1.29 is 223 Å². The Morgan fingerprint density at radius 2 is 0.779 bits per heavy atom. The van der Waals surface area contributed by atoms with Crippen LogP contribution in [0.3, 0.4) is 0 Å². The van der Waals surface area contributed by atoms with Gasteiger partial charge >= 0.3 is 112 Å². The second-order valence-electron chi connectivity index (χ2n) is 24.6. The Hall–Kier alpha value is -10.6. The van der Waals surface area contributed by atoms with Gasteiger partial charge in [-0.3, -0.25) is 60.2 Å². The first-order valence-electron chi connectivity index (χ1n) is 32.7. The maximum Gasteiger partial charge on any atom is 1.00 e. The number of rotatable bonds is 26. The Labute approximate surface area is 746 Å². The summed E-state index contributed by atoms with van der Waals surface area (Å²) in [6.45, 7) is 15.7. The maximum atomic E-state index is 13.8. The van der Waals surface area contributed by atoms with Crippen LogP contribution in [0.15, 0.2) is 78.9 Å². The molecule has 40 nitrogen and oxygen atoms in total. The third-order valence-corrected chi connectivity index (χ3v) is 13.1. The van der Waals surface area contributed by atoms with Crippen LogP contribution >= 0.6 is 15.9 Å². The maximum absolute atomic E-state index is 13.8. The van der Waals surface area contributed by atoms with Gasteiger partial charge in [0.05, 0.1) is 119 Å². The molecule has 3 radical (unpaired) electrons. The van der Waals surface area contributed by atoms with Crippen LogP contribution < -0.4 is 104 Å². The number of nitrogens with one attached hydrogen (secondary N) is 2. The van der Waals surface area contributed by atoms with Crippen LogP contribution in [0, 0.1) is 95.6 Å². The summed E-state index contributed by atoms with van der Waals surface area (Å²) in [5.41, 5.74) is 3.57. The Kier molecular flexibility index (Phi) is 61.7. The molecule has 53 heteroatoms. The molecular weight excluding hydrogens is 1760 g/mol. The van der Waals surface area contributed by atoms with E-state index in [4.69, 9.17) is 64.9 Å². The molecule has 3 atom stereocenters. The number of hydrogen-bond donors (Lipinski definition) is 7. The fraction of sp³-hybridized carbons (Fsp3) is 0.406. The number of aldehydes is 2. The number of aliphatic hydroxyl groups is 2. The number of benzene rings is 6. The third-order valence-electron chi connectivity index (χ3n) is 12.5. The fourth-order valence-electron chi connectivity index (χ4n) is 7.80. The van der Waals surface area contributed by atoms with Gasteiger partial charge in [0.25, 0.3) is 5.09 Å². The zero-order valence-electron chi connectivity index (χ0n) is 70.3. The Balaban J connectivity index is -0.000000208. The van der Waals surface area contributed by atoms with Crippen molar-refractivity contribution in [2.24, 2.45) is 5.73 Å². The molecule has 0 aliphatic heterocycles. The number of alkyl halides is 4. The van der Waals surface area contributed by atoms with Gasteiger partial charge in [0.2, 0.25) is 28.7 Å². The average Bonchev–Trinajstić information content (AvgIpc) is 0.841. The molecule has 0 fully saturated rings. The quantitative estimate of drug-likeness (QED) is 0.00726. The molecule has 0 heterocycles. The summed E-state index contributed by atoms with van der Waals surface area (Å²) in [5.74, 6) is -9.29. The first-order chi connectivity index (χ1) is 55.1. The molecule has 669 valence electrons. The standard InChI is InChI=1S/C16H23FN2O6.C11H15FN2O4.C8H7BrFNO3.C8H8FNO4.C8H6FNO4.C8H7FO2.C8H17NO3.C2HF3O2.B.HNO3.2Na.2H/c1-10(18-15(20)25-16(2,3)4)8-24-9-11-6-12(17)14(23-5)13(7-11)19(21)22;1-7(13)5-18-6-8-3-9(12)11(17-2)10(4-8)14(15)16;1-14-8-6(10)2-5(4-9)3-7(8)11(12)13;2*1-14-8-6(9)2-5(4-11)3-7(8)10(12)13;1-11-8-3-2-6(5-10)4-7(8)9;1-6(5-10)9-7(11)12-8(2,3)4;3-2(4,5)1(6)7;;2-1(3)4;;;;/h6-7,10H,8-9H2,1-5H3,(H,18,20);3-4,7H,5-6,13H2,1-2H3;2-3H,4H2,1H3;2-3,11H,4H2,1H3;2-4H,1H3;2-5H,1H3;6,10H,5H2,1-4H3,(H,9,11);(H,6,7);;(H,2,3,4);;;;/q;;;;;;;;;;2*+1;2*-1/t10-;7-;;;;;6-;;;;;;;/m11....1......./s1. The number of amides is 2. The van der Waals surface area contributed by atoms with Gasteiger partial charge in [-0.25, -0.2) is 40.7 Å². The molecule has 0 saturated heterocycles. The fourth-order valence-corrected chi connectivity index (χ4v) is 8.13. The van der Waals surface area contributed by atoms with E-state index in [-0.39, 0.29) is 155 Å². The van der Waals surface area contributed by atoms with Gasteiger partial charge in [-0.15, -0.1) is 10.1 Å². The number of carbonyl (C=O) groups excluding carboxylic acids is 4. The number of carboxylic acid groups (broad SMARTS) is 1. The van der Waals surface area contributed by atoms with Gasteiger partial charge in [-0.1, -0.05) is 15.9 Å². The van der Waals surface area contributed by atoms with Crippen LogP contribution in [0.25, 0.3) is 0 Å². The van der Waals surface area contributed by atoms with Crippen molar-refractivity contribution in [2.75, 3.05) is 62.5 Å². The molecule has 0 unspecified atom stereocenters. The largest absolute Gasteiger partial charge is 1.00 e.